The van der Waals surface area contributed by atoms with Crippen molar-refractivity contribution in [3.8, 4) is 5.75 Å². The summed E-state index contributed by atoms with van der Waals surface area (Å²) in [5, 5.41) is 3.44. The first kappa shape index (κ1) is 14.8. The predicted molar refractivity (Wildman–Crippen MR) is 87.8 cm³/mol. The van der Waals surface area contributed by atoms with Crippen LogP contribution in [0.25, 0.3) is 0 Å². The van der Waals surface area contributed by atoms with E-state index in [1.807, 2.05) is 18.2 Å². The third-order valence-electron chi connectivity index (χ3n) is 2.99. The average Bonchev–Trinajstić information content (AvgIpc) is 2.52. The maximum atomic E-state index is 5.75. The number of hydrogen-bond donors (Lipinski definition) is 1. The van der Waals surface area contributed by atoms with E-state index in [-0.39, 0.29) is 0 Å². The van der Waals surface area contributed by atoms with Crippen LogP contribution in [0.15, 0.2) is 53.4 Å². The van der Waals surface area contributed by atoms with Gasteiger partial charge < -0.3 is 10.1 Å². The van der Waals surface area contributed by atoms with Crippen LogP contribution >= 0.6 is 11.8 Å². The molecule has 0 aliphatic heterocycles. The molecule has 0 radical (unpaired) electrons. The van der Waals surface area contributed by atoms with Gasteiger partial charge in [0.05, 0.1) is 12.3 Å². The summed E-state index contributed by atoms with van der Waals surface area (Å²) in [6.45, 7) is 3.67. The van der Waals surface area contributed by atoms with Gasteiger partial charge in [-0.15, -0.1) is 11.8 Å². The Labute approximate surface area is 125 Å². The molecule has 0 unspecified atom stereocenters. The van der Waals surface area contributed by atoms with Gasteiger partial charge in [0.15, 0.2) is 0 Å². The Morgan fingerprint density at radius 3 is 2.50 bits per heavy atom. The van der Waals surface area contributed by atoms with Gasteiger partial charge in [-0.2, -0.15) is 0 Å². The molecule has 0 heterocycles. The zero-order valence-corrected chi connectivity index (χ0v) is 12.9. The third kappa shape index (κ3) is 4.20. The van der Waals surface area contributed by atoms with Crippen molar-refractivity contribution in [2.45, 2.75) is 24.8 Å². The van der Waals surface area contributed by atoms with Gasteiger partial charge in [-0.3, -0.25) is 0 Å². The van der Waals surface area contributed by atoms with Crippen LogP contribution in [0.4, 0.5) is 5.69 Å². The number of ether oxygens (including phenoxy) is 1. The number of anilines is 1. The van der Waals surface area contributed by atoms with Gasteiger partial charge in [0.2, 0.25) is 0 Å². The maximum Gasteiger partial charge on any atom is 0.142 e. The van der Waals surface area contributed by atoms with Crippen LogP contribution in [-0.4, -0.2) is 12.9 Å². The van der Waals surface area contributed by atoms with Crippen molar-refractivity contribution in [2.75, 3.05) is 18.2 Å². The molecule has 0 atom stereocenters. The lowest BCUT2D eigenvalue weighted by Crippen LogP contribution is -2.03. The Hall–Kier alpha value is -1.61. The van der Waals surface area contributed by atoms with Crippen molar-refractivity contribution in [2.24, 2.45) is 0 Å². The van der Waals surface area contributed by atoms with E-state index >= 15 is 0 Å². The van der Waals surface area contributed by atoms with Crippen molar-refractivity contribution < 1.29 is 4.74 Å². The van der Waals surface area contributed by atoms with E-state index in [1.54, 1.807) is 11.8 Å². The molecule has 0 amide bonds. The van der Waals surface area contributed by atoms with Gasteiger partial charge >= 0.3 is 0 Å². The minimum atomic E-state index is 0.751. The lowest BCUT2D eigenvalue weighted by atomic mass is 10.2. The lowest BCUT2D eigenvalue weighted by Gasteiger charge is -2.13. The summed E-state index contributed by atoms with van der Waals surface area (Å²) in [7, 11) is 0. The Morgan fingerprint density at radius 2 is 1.80 bits per heavy atom. The smallest absolute Gasteiger partial charge is 0.142 e. The van der Waals surface area contributed by atoms with Gasteiger partial charge in [-0.1, -0.05) is 31.2 Å². The van der Waals surface area contributed by atoms with Gasteiger partial charge in [-0.05, 0) is 42.5 Å². The van der Waals surface area contributed by atoms with Crippen molar-refractivity contribution in [3.63, 3.8) is 0 Å². The fourth-order valence-corrected chi connectivity index (χ4v) is 2.30. The highest BCUT2D eigenvalue weighted by molar-refractivity contribution is 7.98. The van der Waals surface area contributed by atoms with Crippen molar-refractivity contribution in [1.82, 2.24) is 0 Å². The summed E-state index contributed by atoms with van der Waals surface area (Å²) in [5.41, 5.74) is 2.32. The maximum absolute atomic E-state index is 5.75. The van der Waals surface area contributed by atoms with E-state index in [9.17, 15) is 0 Å². The minimum absolute atomic E-state index is 0.751. The monoisotopic (exact) mass is 287 g/mol. The molecule has 0 spiro atoms. The average molecular weight is 287 g/mol. The third-order valence-corrected chi connectivity index (χ3v) is 3.73. The first-order valence-electron chi connectivity index (χ1n) is 6.92. The van der Waals surface area contributed by atoms with Crippen LogP contribution in [0.5, 0.6) is 5.75 Å². The Kier molecular flexibility index (Phi) is 5.81. The fraction of sp³-hybridized carbons (Fsp3) is 0.294. The molecule has 106 valence electrons. The molecule has 0 saturated heterocycles. The molecule has 0 saturated carbocycles. The molecule has 20 heavy (non-hydrogen) atoms. The number of thioether (sulfide) groups is 1. The number of hydrogen-bond acceptors (Lipinski definition) is 3. The summed E-state index contributed by atoms with van der Waals surface area (Å²) in [5.74, 6) is 0.926. The van der Waals surface area contributed by atoms with E-state index in [4.69, 9.17) is 4.74 Å². The standard InChI is InChI=1S/C17H21NOS/c1-3-12-19-17-7-5-4-6-16(17)18-13-14-8-10-15(20-2)11-9-14/h4-11,18H,3,12-13H2,1-2H3. The number of nitrogens with one attached hydrogen (secondary N) is 1. The zero-order valence-electron chi connectivity index (χ0n) is 12.1. The summed E-state index contributed by atoms with van der Waals surface area (Å²) in [6.07, 6.45) is 3.11. The van der Waals surface area contributed by atoms with Crippen LogP contribution in [-0.2, 0) is 6.54 Å². The molecule has 0 bridgehead atoms. The molecule has 0 aromatic heterocycles. The second-order valence-electron chi connectivity index (χ2n) is 4.55. The number of rotatable bonds is 7. The van der Waals surface area contributed by atoms with Crippen molar-refractivity contribution >= 4 is 17.4 Å². The van der Waals surface area contributed by atoms with E-state index in [2.05, 4.69) is 48.8 Å². The Bertz CT molecular complexity index is 525. The first-order chi connectivity index (χ1) is 9.83. The number of benzene rings is 2. The van der Waals surface area contributed by atoms with Crippen LogP contribution in [0.3, 0.4) is 0 Å². The molecule has 2 rings (SSSR count). The molecule has 0 aliphatic rings. The van der Waals surface area contributed by atoms with Crippen LogP contribution in [0.2, 0.25) is 0 Å². The quantitative estimate of drug-likeness (QED) is 0.738. The molecule has 2 aromatic carbocycles. The summed E-state index contributed by atoms with van der Waals surface area (Å²) < 4.78 is 5.75. The van der Waals surface area contributed by atoms with Crippen LogP contribution < -0.4 is 10.1 Å². The van der Waals surface area contributed by atoms with Crippen molar-refractivity contribution in [1.29, 1.82) is 0 Å². The van der Waals surface area contributed by atoms with Gasteiger partial charge in [0, 0.05) is 11.4 Å². The molecule has 0 aliphatic carbocycles. The second-order valence-corrected chi connectivity index (χ2v) is 5.43. The normalized spacial score (nSPS) is 10.3. The largest absolute Gasteiger partial charge is 0.491 e. The fourth-order valence-electron chi connectivity index (χ4n) is 1.89. The van der Waals surface area contributed by atoms with Crippen LogP contribution in [0, 0.1) is 0 Å². The summed E-state index contributed by atoms with van der Waals surface area (Å²) in [6, 6.07) is 16.7. The highest BCUT2D eigenvalue weighted by Gasteiger charge is 2.02. The molecule has 0 fully saturated rings. The van der Waals surface area contributed by atoms with E-state index < -0.39 is 0 Å². The minimum Gasteiger partial charge on any atom is -0.491 e. The second kappa shape index (κ2) is 7.85. The Morgan fingerprint density at radius 1 is 1.05 bits per heavy atom. The lowest BCUT2D eigenvalue weighted by molar-refractivity contribution is 0.319. The Balaban J connectivity index is 1.98. The van der Waals surface area contributed by atoms with E-state index in [0.717, 1.165) is 31.0 Å². The molecule has 2 aromatic rings. The SMILES string of the molecule is CCCOc1ccccc1NCc1ccc(SC)cc1. The van der Waals surface area contributed by atoms with Crippen LogP contribution in [0.1, 0.15) is 18.9 Å². The highest BCUT2D eigenvalue weighted by Crippen LogP contribution is 2.24. The predicted octanol–water partition coefficient (Wildman–Crippen LogP) is 4.81. The molecule has 1 N–H and O–H groups in total. The van der Waals surface area contributed by atoms with E-state index in [1.165, 1.54) is 10.5 Å². The van der Waals surface area contributed by atoms with Gasteiger partial charge in [-0.25, -0.2) is 0 Å². The van der Waals surface area contributed by atoms with E-state index in [0.29, 0.717) is 0 Å². The summed E-state index contributed by atoms with van der Waals surface area (Å²) >= 11 is 1.76. The first-order valence-corrected chi connectivity index (χ1v) is 8.14. The topological polar surface area (TPSA) is 21.3 Å². The van der Waals surface area contributed by atoms with Gasteiger partial charge in [0.1, 0.15) is 5.75 Å². The summed E-state index contributed by atoms with van der Waals surface area (Å²) in [4.78, 5) is 1.29. The molecule has 2 nitrogen and oxygen atoms in total. The zero-order chi connectivity index (χ0) is 14.2. The van der Waals surface area contributed by atoms with Crippen molar-refractivity contribution in [3.05, 3.63) is 54.1 Å². The molecular weight excluding hydrogens is 266 g/mol. The van der Waals surface area contributed by atoms with Gasteiger partial charge in [0.25, 0.3) is 0 Å². The molecular formula is C17H21NOS. The number of para-hydroxylation sites is 2. The molecule has 3 heteroatoms. The highest BCUT2D eigenvalue weighted by atomic mass is 32.2.